The molecule has 8 heteroatoms. The Hall–Kier alpha value is -3.13. The molecule has 7 nitrogen and oxygen atoms in total. The number of nitrogens with two attached hydrogens (primary N) is 1. The van der Waals surface area contributed by atoms with E-state index >= 15 is 0 Å². The maximum absolute atomic E-state index is 14.7. The van der Waals surface area contributed by atoms with E-state index in [9.17, 15) is 14.0 Å². The molecule has 2 aliphatic heterocycles. The first-order valence-electron chi connectivity index (χ1n) is 8.70. The number of ether oxygens (including phenoxy) is 1. The molecule has 0 aromatic heterocycles. The number of urea groups is 1. The lowest BCUT2D eigenvalue weighted by atomic mass is 10.2. The molecule has 0 bridgehead atoms. The Morgan fingerprint density at radius 3 is 2.41 bits per heavy atom. The van der Waals surface area contributed by atoms with Gasteiger partial charge in [-0.1, -0.05) is 18.2 Å². The summed E-state index contributed by atoms with van der Waals surface area (Å²) in [5.74, 6) is -0.570. The summed E-state index contributed by atoms with van der Waals surface area (Å²) in [4.78, 5) is 29.0. The Morgan fingerprint density at radius 2 is 1.74 bits per heavy atom. The highest BCUT2D eigenvalue weighted by atomic mass is 19.1. The topological polar surface area (TPSA) is 79.1 Å². The molecule has 2 heterocycles. The van der Waals surface area contributed by atoms with Crippen LogP contribution in [0.3, 0.4) is 0 Å². The molecule has 0 radical (unpaired) electrons. The second-order valence-corrected chi connectivity index (χ2v) is 6.41. The molecule has 2 fully saturated rings. The van der Waals surface area contributed by atoms with Crippen molar-refractivity contribution >= 4 is 29.2 Å². The van der Waals surface area contributed by atoms with Crippen molar-refractivity contribution in [1.82, 2.24) is 0 Å². The van der Waals surface area contributed by atoms with Crippen molar-refractivity contribution < 1.29 is 18.7 Å². The van der Waals surface area contributed by atoms with Crippen molar-refractivity contribution in [1.29, 1.82) is 0 Å². The molecule has 2 saturated heterocycles. The Kier molecular flexibility index (Phi) is 4.41. The van der Waals surface area contributed by atoms with Gasteiger partial charge >= 0.3 is 12.1 Å². The van der Waals surface area contributed by atoms with Gasteiger partial charge in [0, 0.05) is 25.3 Å². The minimum atomic E-state index is -0.570. The lowest BCUT2D eigenvalue weighted by molar-refractivity contribution is 0.145. The zero-order valence-corrected chi connectivity index (χ0v) is 14.5. The molecule has 4 rings (SSSR count). The van der Waals surface area contributed by atoms with Crippen LogP contribution in [-0.2, 0) is 4.74 Å². The number of carbonyl (C=O) groups excluding carboxylic acids is 2. The van der Waals surface area contributed by atoms with E-state index in [0.29, 0.717) is 18.8 Å². The van der Waals surface area contributed by atoms with Gasteiger partial charge in [-0.05, 0) is 30.3 Å². The lowest BCUT2D eigenvalue weighted by Crippen LogP contribution is -2.32. The van der Waals surface area contributed by atoms with Gasteiger partial charge < -0.3 is 10.5 Å². The number of amides is 3. The average Bonchev–Trinajstić information content (AvgIpc) is 3.25. The summed E-state index contributed by atoms with van der Waals surface area (Å²) in [5, 5.41) is 0. The normalized spacial score (nSPS) is 19.8. The molecule has 1 atom stereocenters. The summed E-state index contributed by atoms with van der Waals surface area (Å²) in [6.07, 6.45) is -0.954. The molecule has 3 amide bonds. The van der Waals surface area contributed by atoms with E-state index in [1.807, 2.05) is 30.3 Å². The standard InChI is InChI=1S/C19H19FN4O3/c20-16-10-14(24-12-15(11-21)27-19(24)26)6-7-17(16)23-9-8-22(18(23)25)13-4-2-1-3-5-13/h1-7,10,15H,8-9,11-12,21H2. The van der Waals surface area contributed by atoms with Gasteiger partial charge in [-0.3, -0.25) is 14.7 Å². The van der Waals surface area contributed by atoms with Crippen LogP contribution in [0, 0.1) is 5.82 Å². The Bertz CT molecular complexity index is 877. The highest BCUT2D eigenvalue weighted by Crippen LogP contribution is 2.31. The summed E-state index contributed by atoms with van der Waals surface area (Å²) in [6, 6.07) is 13.3. The SMILES string of the molecule is NCC1CN(c2ccc(N3CCN(c4ccccc4)C3=O)c(F)c2)C(=O)O1. The monoisotopic (exact) mass is 370 g/mol. The predicted molar refractivity (Wildman–Crippen MR) is 99.6 cm³/mol. The number of benzene rings is 2. The van der Waals surface area contributed by atoms with Gasteiger partial charge in [0.25, 0.3) is 0 Å². The van der Waals surface area contributed by atoms with Gasteiger partial charge in [0.05, 0.1) is 17.9 Å². The van der Waals surface area contributed by atoms with Gasteiger partial charge in [-0.25, -0.2) is 14.0 Å². The van der Waals surface area contributed by atoms with E-state index in [-0.39, 0.29) is 24.8 Å². The van der Waals surface area contributed by atoms with Crippen LogP contribution < -0.4 is 20.4 Å². The van der Waals surface area contributed by atoms with E-state index in [4.69, 9.17) is 10.5 Å². The van der Waals surface area contributed by atoms with Gasteiger partial charge in [0.1, 0.15) is 11.9 Å². The van der Waals surface area contributed by atoms with Crippen molar-refractivity contribution in [3.05, 3.63) is 54.3 Å². The van der Waals surface area contributed by atoms with Crippen molar-refractivity contribution in [2.45, 2.75) is 6.10 Å². The number of nitrogens with zero attached hydrogens (tertiary/aromatic N) is 3. The fourth-order valence-electron chi connectivity index (χ4n) is 3.35. The third-order valence-electron chi connectivity index (χ3n) is 4.75. The molecule has 1 unspecified atom stereocenters. The number of halogens is 1. The molecular formula is C19H19FN4O3. The van der Waals surface area contributed by atoms with Crippen LogP contribution in [0.1, 0.15) is 0 Å². The summed E-state index contributed by atoms with van der Waals surface area (Å²) < 4.78 is 19.8. The van der Waals surface area contributed by atoms with Crippen LogP contribution in [0.5, 0.6) is 0 Å². The summed E-state index contributed by atoms with van der Waals surface area (Å²) in [7, 11) is 0. The molecule has 0 saturated carbocycles. The van der Waals surface area contributed by atoms with E-state index in [1.165, 1.54) is 21.9 Å². The highest BCUT2D eigenvalue weighted by molar-refractivity contribution is 6.06. The second-order valence-electron chi connectivity index (χ2n) is 6.41. The maximum Gasteiger partial charge on any atom is 0.414 e. The number of rotatable bonds is 4. The first-order chi connectivity index (χ1) is 13.1. The predicted octanol–water partition coefficient (Wildman–Crippen LogP) is 2.56. The van der Waals surface area contributed by atoms with E-state index in [2.05, 4.69) is 0 Å². The lowest BCUT2D eigenvalue weighted by Gasteiger charge is -2.20. The van der Waals surface area contributed by atoms with Gasteiger partial charge in [-0.2, -0.15) is 0 Å². The molecular weight excluding hydrogens is 351 g/mol. The van der Waals surface area contributed by atoms with Crippen LogP contribution in [-0.4, -0.2) is 44.4 Å². The summed E-state index contributed by atoms with van der Waals surface area (Å²) >= 11 is 0. The third kappa shape index (κ3) is 3.08. The minimum absolute atomic E-state index is 0.185. The molecule has 2 aromatic carbocycles. The Labute approximate surface area is 155 Å². The number of hydrogen-bond acceptors (Lipinski definition) is 4. The van der Waals surface area contributed by atoms with Crippen LogP contribution in [0.25, 0.3) is 0 Å². The number of carbonyl (C=O) groups is 2. The van der Waals surface area contributed by atoms with Crippen molar-refractivity contribution in [3.8, 4) is 0 Å². The number of hydrogen-bond donors (Lipinski definition) is 1. The maximum atomic E-state index is 14.7. The van der Waals surface area contributed by atoms with Gasteiger partial charge in [-0.15, -0.1) is 0 Å². The largest absolute Gasteiger partial charge is 0.443 e. The fraction of sp³-hybridized carbons (Fsp3) is 0.263. The van der Waals surface area contributed by atoms with Gasteiger partial charge in [0.2, 0.25) is 0 Å². The van der Waals surface area contributed by atoms with Crippen LogP contribution in [0.4, 0.5) is 31.0 Å². The quantitative estimate of drug-likeness (QED) is 0.897. The van der Waals surface area contributed by atoms with Crippen LogP contribution >= 0.6 is 0 Å². The first kappa shape index (κ1) is 17.3. The summed E-state index contributed by atoms with van der Waals surface area (Å²) in [5.41, 5.74) is 6.86. The molecule has 2 aliphatic rings. The number of anilines is 3. The number of cyclic esters (lactones) is 1. The Balaban J connectivity index is 1.55. The smallest absolute Gasteiger partial charge is 0.414 e. The third-order valence-corrected chi connectivity index (χ3v) is 4.75. The molecule has 2 aromatic rings. The second kappa shape index (κ2) is 6.88. The fourth-order valence-corrected chi connectivity index (χ4v) is 3.35. The molecule has 0 aliphatic carbocycles. The summed E-state index contributed by atoms with van der Waals surface area (Å²) in [6.45, 7) is 1.34. The van der Waals surface area contributed by atoms with Crippen molar-refractivity contribution in [2.75, 3.05) is 40.9 Å². The Morgan fingerprint density at radius 1 is 1.00 bits per heavy atom. The van der Waals surface area contributed by atoms with Crippen LogP contribution in [0.2, 0.25) is 0 Å². The highest BCUT2D eigenvalue weighted by Gasteiger charge is 2.34. The van der Waals surface area contributed by atoms with E-state index < -0.39 is 18.0 Å². The minimum Gasteiger partial charge on any atom is -0.443 e. The van der Waals surface area contributed by atoms with Crippen molar-refractivity contribution in [3.63, 3.8) is 0 Å². The zero-order valence-electron chi connectivity index (χ0n) is 14.5. The first-order valence-corrected chi connectivity index (χ1v) is 8.70. The number of para-hydroxylation sites is 1. The molecule has 140 valence electrons. The average molecular weight is 370 g/mol. The molecule has 2 N–H and O–H groups in total. The van der Waals surface area contributed by atoms with Crippen LogP contribution in [0.15, 0.2) is 48.5 Å². The van der Waals surface area contributed by atoms with Crippen molar-refractivity contribution in [2.24, 2.45) is 5.73 Å². The van der Waals surface area contributed by atoms with E-state index in [0.717, 1.165) is 5.69 Å². The van der Waals surface area contributed by atoms with E-state index in [1.54, 1.807) is 11.0 Å². The zero-order chi connectivity index (χ0) is 19.0. The molecule has 27 heavy (non-hydrogen) atoms. The van der Waals surface area contributed by atoms with Gasteiger partial charge in [0.15, 0.2) is 0 Å². The molecule has 0 spiro atoms.